The number of methoxy groups -OCH3 is 1. The normalized spacial score (nSPS) is 13.5. The summed E-state index contributed by atoms with van der Waals surface area (Å²) >= 11 is 0. The van der Waals surface area contributed by atoms with E-state index in [0.717, 1.165) is 21.9 Å². The van der Waals surface area contributed by atoms with E-state index in [-0.39, 0.29) is 18.6 Å². The van der Waals surface area contributed by atoms with E-state index in [1.165, 1.54) is 11.8 Å². The first-order chi connectivity index (χ1) is 20.4. The summed E-state index contributed by atoms with van der Waals surface area (Å²) in [5.74, 6) is 0.515. The number of ether oxygens (including phenoxy) is 1. The minimum Gasteiger partial charge on any atom is -0.496 e. The van der Waals surface area contributed by atoms with Gasteiger partial charge >= 0.3 is 0 Å². The molecule has 1 aliphatic rings. The molecule has 0 bridgehead atoms. The maximum atomic E-state index is 13.5. The van der Waals surface area contributed by atoms with Gasteiger partial charge in [0, 0.05) is 24.7 Å². The van der Waals surface area contributed by atoms with Crippen molar-refractivity contribution in [2.24, 2.45) is 0 Å². The molecule has 0 saturated heterocycles. The Morgan fingerprint density at radius 3 is 2.71 bits per heavy atom. The van der Waals surface area contributed by atoms with Crippen molar-refractivity contribution in [3.63, 3.8) is 0 Å². The molecule has 0 fully saturated rings. The highest BCUT2D eigenvalue weighted by Gasteiger charge is 2.26. The van der Waals surface area contributed by atoms with Gasteiger partial charge in [0.1, 0.15) is 23.0 Å². The molecule has 1 aliphatic heterocycles. The van der Waals surface area contributed by atoms with Crippen LogP contribution < -0.4 is 10.1 Å². The van der Waals surface area contributed by atoms with Crippen molar-refractivity contribution in [1.29, 1.82) is 0 Å². The number of amides is 2. The first-order valence-electron chi connectivity index (χ1n) is 13.5. The van der Waals surface area contributed by atoms with Crippen molar-refractivity contribution < 1.29 is 19.4 Å². The summed E-state index contributed by atoms with van der Waals surface area (Å²) in [6, 6.07) is 18.0. The van der Waals surface area contributed by atoms with Crippen LogP contribution in [0.2, 0.25) is 0 Å². The molecule has 42 heavy (non-hydrogen) atoms. The van der Waals surface area contributed by atoms with E-state index < -0.39 is 5.91 Å². The summed E-state index contributed by atoms with van der Waals surface area (Å²) in [6.45, 7) is 2.50. The Hall–Kier alpha value is -5.23. The van der Waals surface area contributed by atoms with Gasteiger partial charge in [-0.25, -0.2) is 9.67 Å². The second kappa shape index (κ2) is 11.3. The highest BCUT2D eigenvalue weighted by Crippen LogP contribution is 2.30. The third-order valence-corrected chi connectivity index (χ3v) is 7.31. The number of carbonyl (C=O) groups excluding carboxylic acids is 2. The molecule has 12 heteroatoms. The predicted octanol–water partition coefficient (Wildman–Crippen LogP) is 3.30. The zero-order valence-electron chi connectivity index (χ0n) is 23.1. The topological polar surface area (TPSA) is 148 Å². The van der Waals surface area contributed by atoms with Crippen LogP contribution in [0.4, 0.5) is 5.82 Å². The molecule has 0 radical (unpaired) electrons. The third-order valence-electron chi connectivity index (χ3n) is 7.31. The van der Waals surface area contributed by atoms with Crippen LogP contribution in [0, 0.1) is 0 Å². The standard InChI is InChI=1S/C30H28N8O4/c1-18(17-39)38-28(34-35-36-38)24-8-5-9-27(32-24)33-29(40)23-12-22-16-37(11-10-20(22)14-26(23)42-2)30(41)25-13-19-6-3-4-7-21(19)15-31-25/h3-9,12-15,18,39H,10-11,16-17H2,1-2H3,(H,32,33,40)/t18-/m1/s1. The molecule has 0 unspecified atom stereocenters. The van der Waals surface area contributed by atoms with Crippen LogP contribution in [0.25, 0.3) is 22.3 Å². The molecule has 0 spiro atoms. The second-order valence-electron chi connectivity index (χ2n) is 10.1. The number of rotatable bonds is 7. The monoisotopic (exact) mass is 564 g/mol. The number of aromatic nitrogens is 6. The first-order valence-corrected chi connectivity index (χ1v) is 13.5. The van der Waals surface area contributed by atoms with Gasteiger partial charge in [0.15, 0.2) is 0 Å². The summed E-state index contributed by atoms with van der Waals surface area (Å²) in [5.41, 5.74) is 3.02. The first kappa shape index (κ1) is 27.0. The Morgan fingerprint density at radius 1 is 1.07 bits per heavy atom. The Morgan fingerprint density at radius 2 is 1.90 bits per heavy atom. The number of nitrogens with one attached hydrogen (secondary N) is 1. The summed E-state index contributed by atoms with van der Waals surface area (Å²) < 4.78 is 7.04. The van der Waals surface area contributed by atoms with E-state index in [2.05, 4.69) is 30.8 Å². The SMILES string of the molecule is COc1cc2c(cc1C(=O)Nc1cccc(-c3nnnn3[C@H](C)CO)n1)CN(C(=O)c1cc3ccccc3cn1)CC2. The highest BCUT2D eigenvalue weighted by molar-refractivity contribution is 6.06. The number of hydrogen-bond acceptors (Lipinski definition) is 9. The molecule has 6 rings (SSSR count). The maximum absolute atomic E-state index is 13.5. The molecule has 2 amide bonds. The van der Waals surface area contributed by atoms with Gasteiger partial charge in [-0.3, -0.25) is 14.6 Å². The van der Waals surface area contributed by atoms with Crippen LogP contribution in [0.1, 0.15) is 44.9 Å². The highest BCUT2D eigenvalue weighted by atomic mass is 16.5. The van der Waals surface area contributed by atoms with E-state index >= 15 is 0 Å². The Bertz CT molecular complexity index is 1800. The quantitative estimate of drug-likeness (QED) is 0.304. The number of aliphatic hydroxyl groups is 1. The maximum Gasteiger partial charge on any atom is 0.272 e. The smallest absolute Gasteiger partial charge is 0.272 e. The van der Waals surface area contributed by atoms with E-state index in [0.29, 0.717) is 53.9 Å². The summed E-state index contributed by atoms with van der Waals surface area (Å²) in [7, 11) is 1.52. The summed E-state index contributed by atoms with van der Waals surface area (Å²) in [5, 5.41) is 25.9. The Labute approximate surface area is 241 Å². The summed E-state index contributed by atoms with van der Waals surface area (Å²) in [4.78, 5) is 37.5. The van der Waals surface area contributed by atoms with Crippen LogP contribution in [-0.4, -0.2) is 72.3 Å². The zero-order chi connectivity index (χ0) is 29.2. The average molecular weight is 565 g/mol. The van der Waals surface area contributed by atoms with E-state index in [1.807, 2.05) is 36.4 Å². The van der Waals surface area contributed by atoms with Crippen LogP contribution in [0.5, 0.6) is 5.75 Å². The second-order valence-corrected chi connectivity index (χ2v) is 10.1. The van der Waals surface area contributed by atoms with Gasteiger partial charge in [-0.05, 0) is 70.6 Å². The van der Waals surface area contributed by atoms with Gasteiger partial charge < -0.3 is 20.1 Å². The molecule has 5 aromatic rings. The van der Waals surface area contributed by atoms with E-state index in [9.17, 15) is 14.7 Å². The van der Waals surface area contributed by atoms with E-state index in [4.69, 9.17) is 4.74 Å². The molecule has 2 aromatic carbocycles. The van der Waals surface area contributed by atoms with Crippen LogP contribution in [0.3, 0.4) is 0 Å². The third kappa shape index (κ3) is 5.15. The number of aliphatic hydroxyl groups excluding tert-OH is 1. The molecular weight excluding hydrogens is 536 g/mol. The molecule has 12 nitrogen and oxygen atoms in total. The molecular formula is C30H28N8O4. The minimum atomic E-state index is -0.415. The Kier molecular flexibility index (Phi) is 7.28. The van der Waals surface area contributed by atoms with Crippen molar-refractivity contribution in [2.75, 3.05) is 25.6 Å². The number of benzene rings is 2. The number of tetrazole rings is 1. The van der Waals surface area contributed by atoms with Crippen LogP contribution in [-0.2, 0) is 13.0 Å². The number of pyridine rings is 2. The molecule has 0 saturated carbocycles. The largest absolute Gasteiger partial charge is 0.496 e. The van der Waals surface area contributed by atoms with Gasteiger partial charge in [-0.15, -0.1) is 5.10 Å². The van der Waals surface area contributed by atoms with Gasteiger partial charge in [0.25, 0.3) is 11.8 Å². The molecule has 2 N–H and O–H groups in total. The lowest BCUT2D eigenvalue weighted by Crippen LogP contribution is -2.36. The fourth-order valence-corrected chi connectivity index (χ4v) is 5.02. The number of carbonyl (C=O) groups is 2. The van der Waals surface area contributed by atoms with Crippen LogP contribution >= 0.6 is 0 Å². The molecule has 212 valence electrons. The van der Waals surface area contributed by atoms with Crippen molar-refractivity contribution in [2.45, 2.75) is 25.9 Å². The average Bonchev–Trinajstić information content (AvgIpc) is 3.53. The van der Waals surface area contributed by atoms with Crippen molar-refractivity contribution >= 4 is 28.4 Å². The number of nitrogens with zero attached hydrogens (tertiary/aromatic N) is 7. The number of hydrogen-bond donors (Lipinski definition) is 2. The molecule has 3 aromatic heterocycles. The van der Waals surface area contributed by atoms with E-state index in [1.54, 1.807) is 42.3 Å². The lowest BCUT2D eigenvalue weighted by atomic mass is 9.96. The van der Waals surface area contributed by atoms with Crippen molar-refractivity contribution in [3.8, 4) is 17.3 Å². The number of anilines is 1. The lowest BCUT2D eigenvalue weighted by Gasteiger charge is -2.29. The Balaban J connectivity index is 1.23. The molecule has 0 aliphatic carbocycles. The van der Waals surface area contributed by atoms with Gasteiger partial charge in [0.05, 0.1) is 25.3 Å². The van der Waals surface area contributed by atoms with Gasteiger partial charge in [-0.2, -0.15) is 0 Å². The fourth-order valence-electron chi connectivity index (χ4n) is 5.02. The lowest BCUT2D eigenvalue weighted by molar-refractivity contribution is 0.0729. The van der Waals surface area contributed by atoms with Crippen molar-refractivity contribution in [1.82, 2.24) is 35.1 Å². The predicted molar refractivity (Wildman–Crippen MR) is 154 cm³/mol. The molecule has 4 heterocycles. The zero-order valence-corrected chi connectivity index (χ0v) is 23.1. The minimum absolute atomic E-state index is 0.144. The van der Waals surface area contributed by atoms with Gasteiger partial charge in [-0.1, -0.05) is 30.3 Å². The molecule has 1 atom stereocenters. The fraction of sp³-hybridized carbons (Fsp3) is 0.233. The number of fused-ring (bicyclic) bond motifs is 2. The van der Waals surface area contributed by atoms with Gasteiger partial charge in [0.2, 0.25) is 5.82 Å². The summed E-state index contributed by atoms with van der Waals surface area (Å²) in [6.07, 6.45) is 2.34. The van der Waals surface area contributed by atoms with Crippen LogP contribution in [0.15, 0.2) is 66.9 Å². The van der Waals surface area contributed by atoms with Crippen molar-refractivity contribution in [3.05, 3.63) is 89.2 Å².